The molecule has 31 heavy (non-hydrogen) atoms. The first-order valence-corrected chi connectivity index (χ1v) is 10.8. The van der Waals surface area contributed by atoms with Crippen LogP contribution in [-0.2, 0) is 6.42 Å². The quantitative estimate of drug-likeness (QED) is 0.576. The van der Waals surface area contributed by atoms with Crippen molar-refractivity contribution in [2.24, 2.45) is 0 Å². The second kappa shape index (κ2) is 10.1. The van der Waals surface area contributed by atoms with Crippen LogP contribution in [0, 0.1) is 13.8 Å². The van der Waals surface area contributed by atoms with E-state index in [2.05, 4.69) is 60.8 Å². The van der Waals surface area contributed by atoms with Crippen molar-refractivity contribution in [3.63, 3.8) is 0 Å². The average molecular weight is 439 g/mol. The number of hydrogen-bond donors (Lipinski definition) is 2. The van der Waals surface area contributed by atoms with E-state index in [1.165, 1.54) is 11.1 Å². The van der Waals surface area contributed by atoms with E-state index in [1.807, 2.05) is 22.9 Å². The molecular formula is C25H31ClN4O. The van der Waals surface area contributed by atoms with Crippen molar-refractivity contribution in [1.29, 1.82) is 0 Å². The van der Waals surface area contributed by atoms with E-state index in [4.69, 9.17) is 0 Å². The molecule has 6 heteroatoms. The second-order valence-corrected chi connectivity index (χ2v) is 8.11. The molecule has 1 saturated heterocycles. The number of aromatic nitrogens is 2. The number of halogens is 1. The van der Waals surface area contributed by atoms with Gasteiger partial charge in [0.15, 0.2) is 0 Å². The van der Waals surface area contributed by atoms with Crippen LogP contribution >= 0.6 is 12.4 Å². The molecule has 0 radical (unpaired) electrons. The number of carbonyl (C=O) groups excluding carboxylic acids is 1. The third-order valence-electron chi connectivity index (χ3n) is 6.16. The van der Waals surface area contributed by atoms with Gasteiger partial charge < -0.3 is 10.6 Å². The van der Waals surface area contributed by atoms with E-state index in [0.717, 1.165) is 55.0 Å². The summed E-state index contributed by atoms with van der Waals surface area (Å²) in [5, 5.41) is 11.2. The van der Waals surface area contributed by atoms with Gasteiger partial charge in [0.05, 0.1) is 23.1 Å². The fourth-order valence-electron chi connectivity index (χ4n) is 4.22. The highest BCUT2D eigenvalue weighted by Gasteiger charge is 2.27. The Bertz CT molecular complexity index is 1050. The normalized spacial score (nSPS) is 14.2. The Kier molecular flexibility index (Phi) is 7.52. The molecule has 1 amide bonds. The summed E-state index contributed by atoms with van der Waals surface area (Å²) in [6.07, 6.45) is 4.61. The molecule has 2 heterocycles. The average Bonchev–Trinajstić information content (AvgIpc) is 3.22. The topological polar surface area (TPSA) is 59.0 Å². The minimum atomic E-state index is -0.0838. The number of rotatable bonds is 5. The Hall–Kier alpha value is -2.63. The number of aryl methyl sites for hydroxylation is 3. The number of benzene rings is 2. The van der Waals surface area contributed by atoms with Gasteiger partial charge in [0.2, 0.25) is 0 Å². The van der Waals surface area contributed by atoms with Gasteiger partial charge in [-0.15, -0.1) is 12.4 Å². The molecule has 0 aliphatic carbocycles. The van der Waals surface area contributed by atoms with Crippen LogP contribution in [0.25, 0.3) is 5.69 Å². The number of nitrogens with one attached hydrogen (secondary N) is 2. The lowest BCUT2D eigenvalue weighted by Crippen LogP contribution is -2.29. The summed E-state index contributed by atoms with van der Waals surface area (Å²) in [5.41, 5.74) is 7.19. The zero-order chi connectivity index (χ0) is 21.1. The molecule has 2 aromatic carbocycles. The van der Waals surface area contributed by atoms with Gasteiger partial charge in [-0.1, -0.05) is 31.2 Å². The van der Waals surface area contributed by atoms with E-state index in [-0.39, 0.29) is 18.3 Å². The molecule has 2 N–H and O–H groups in total. The fourth-order valence-corrected chi connectivity index (χ4v) is 4.22. The Morgan fingerprint density at radius 3 is 2.58 bits per heavy atom. The van der Waals surface area contributed by atoms with Crippen molar-refractivity contribution in [3.05, 3.63) is 76.6 Å². The summed E-state index contributed by atoms with van der Waals surface area (Å²) in [6, 6.07) is 14.4. The van der Waals surface area contributed by atoms with Crippen LogP contribution in [-0.4, -0.2) is 28.8 Å². The Morgan fingerprint density at radius 1 is 1.13 bits per heavy atom. The number of amides is 1. The number of para-hydroxylation sites is 1. The lowest BCUT2D eigenvalue weighted by atomic mass is 9.91. The molecule has 3 aromatic rings. The number of nitrogens with zero attached hydrogens (tertiary/aromatic N) is 2. The van der Waals surface area contributed by atoms with Gasteiger partial charge >= 0.3 is 0 Å². The van der Waals surface area contributed by atoms with Gasteiger partial charge in [-0.2, -0.15) is 5.10 Å². The smallest absolute Gasteiger partial charge is 0.259 e. The van der Waals surface area contributed by atoms with Gasteiger partial charge in [-0.05, 0) is 81.1 Å². The molecule has 0 bridgehead atoms. The molecule has 1 fully saturated rings. The number of carbonyl (C=O) groups is 1. The zero-order valence-corrected chi connectivity index (χ0v) is 19.3. The highest BCUT2D eigenvalue weighted by atomic mass is 35.5. The van der Waals surface area contributed by atoms with Crippen molar-refractivity contribution >= 4 is 24.0 Å². The van der Waals surface area contributed by atoms with Crippen molar-refractivity contribution in [3.8, 4) is 5.69 Å². The van der Waals surface area contributed by atoms with E-state index in [9.17, 15) is 4.79 Å². The van der Waals surface area contributed by atoms with E-state index >= 15 is 0 Å². The molecule has 1 aromatic heterocycles. The van der Waals surface area contributed by atoms with E-state index in [0.29, 0.717) is 11.5 Å². The van der Waals surface area contributed by atoms with Crippen molar-refractivity contribution < 1.29 is 4.79 Å². The minimum absolute atomic E-state index is 0. The monoisotopic (exact) mass is 438 g/mol. The molecule has 0 unspecified atom stereocenters. The van der Waals surface area contributed by atoms with Gasteiger partial charge in [0.25, 0.3) is 5.91 Å². The molecule has 0 saturated carbocycles. The third-order valence-corrected chi connectivity index (χ3v) is 6.16. The van der Waals surface area contributed by atoms with Crippen molar-refractivity contribution in [2.45, 2.75) is 46.0 Å². The lowest BCUT2D eigenvalue weighted by Gasteiger charge is -2.25. The highest BCUT2D eigenvalue weighted by Crippen LogP contribution is 2.31. The molecule has 164 valence electrons. The van der Waals surface area contributed by atoms with Gasteiger partial charge in [-0.3, -0.25) is 4.79 Å². The van der Waals surface area contributed by atoms with Gasteiger partial charge in [-0.25, -0.2) is 4.68 Å². The molecule has 1 aliphatic heterocycles. The fraction of sp³-hybridized carbons (Fsp3) is 0.360. The van der Waals surface area contributed by atoms with Gasteiger partial charge in [0.1, 0.15) is 0 Å². The Morgan fingerprint density at radius 2 is 1.87 bits per heavy atom. The molecule has 4 rings (SSSR count). The van der Waals surface area contributed by atoms with E-state index in [1.54, 1.807) is 6.20 Å². The zero-order valence-electron chi connectivity index (χ0n) is 18.4. The van der Waals surface area contributed by atoms with Crippen LogP contribution in [0.2, 0.25) is 0 Å². The SMILES string of the molecule is CCc1ccccc1NC(=O)c1cnn(-c2ccc(C)c(C)c2)c1C1CCNCC1.Cl. The van der Waals surface area contributed by atoms with Crippen LogP contribution in [0.15, 0.2) is 48.7 Å². The first-order valence-electron chi connectivity index (χ1n) is 10.8. The van der Waals surface area contributed by atoms with Gasteiger partial charge in [0, 0.05) is 11.6 Å². The van der Waals surface area contributed by atoms with E-state index < -0.39 is 0 Å². The molecule has 5 nitrogen and oxygen atoms in total. The van der Waals surface area contributed by atoms with Crippen LogP contribution in [0.1, 0.15) is 58.4 Å². The number of piperidine rings is 1. The Balaban J connectivity index is 0.00000272. The molecule has 0 spiro atoms. The molecular weight excluding hydrogens is 408 g/mol. The summed E-state index contributed by atoms with van der Waals surface area (Å²) < 4.78 is 1.98. The number of anilines is 1. The van der Waals surface area contributed by atoms with Crippen LogP contribution < -0.4 is 10.6 Å². The largest absolute Gasteiger partial charge is 0.322 e. The lowest BCUT2D eigenvalue weighted by molar-refractivity contribution is 0.102. The van der Waals surface area contributed by atoms with Crippen LogP contribution in [0.5, 0.6) is 0 Å². The van der Waals surface area contributed by atoms with Crippen LogP contribution in [0.3, 0.4) is 0 Å². The summed E-state index contributed by atoms with van der Waals surface area (Å²) in [4.78, 5) is 13.3. The van der Waals surface area contributed by atoms with Crippen LogP contribution in [0.4, 0.5) is 5.69 Å². The third kappa shape index (κ3) is 4.83. The number of hydrogen-bond acceptors (Lipinski definition) is 3. The highest BCUT2D eigenvalue weighted by molar-refractivity contribution is 6.05. The van der Waals surface area contributed by atoms with Crippen molar-refractivity contribution in [2.75, 3.05) is 18.4 Å². The summed E-state index contributed by atoms with van der Waals surface area (Å²) in [7, 11) is 0. The molecule has 0 atom stereocenters. The first-order chi connectivity index (χ1) is 14.6. The maximum absolute atomic E-state index is 13.3. The first kappa shape index (κ1) is 23.0. The Labute approximate surface area is 190 Å². The molecule has 1 aliphatic rings. The summed E-state index contributed by atoms with van der Waals surface area (Å²) in [6.45, 7) is 8.25. The standard InChI is InChI=1S/C25H30N4O.ClH/c1-4-19-7-5-6-8-23(19)28-25(30)22-16-27-29(21-10-9-17(2)18(3)15-21)24(22)20-11-13-26-14-12-20;/h5-10,15-16,20,26H,4,11-14H2,1-3H3,(H,28,30);1H. The predicted molar refractivity (Wildman–Crippen MR) is 129 cm³/mol. The maximum atomic E-state index is 13.3. The summed E-state index contributed by atoms with van der Waals surface area (Å²) >= 11 is 0. The second-order valence-electron chi connectivity index (χ2n) is 8.11. The maximum Gasteiger partial charge on any atom is 0.259 e. The minimum Gasteiger partial charge on any atom is -0.322 e. The van der Waals surface area contributed by atoms with Crippen molar-refractivity contribution in [1.82, 2.24) is 15.1 Å². The summed E-state index contributed by atoms with van der Waals surface area (Å²) in [5.74, 6) is 0.219. The predicted octanol–water partition coefficient (Wildman–Crippen LogP) is 5.19.